The Kier molecular flexibility index (Phi) is 5.96. The van der Waals surface area contributed by atoms with Gasteiger partial charge in [-0.25, -0.2) is 0 Å². The fourth-order valence-electron chi connectivity index (χ4n) is 2.95. The Bertz CT molecular complexity index is 664. The summed E-state index contributed by atoms with van der Waals surface area (Å²) in [5.41, 5.74) is 0. The van der Waals surface area contributed by atoms with Gasteiger partial charge >= 0.3 is 6.09 Å². The number of pyridine rings is 1. The van der Waals surface area contributed by atoms with Crippen LogP contribution in [0.5, 0.6) is 5.75 Å². The molecule has 0 radical (unpaired) electrons. The molecule has 0 fully saturated rings. The zero-order chi connectivity index (χ0) is 16.9. The molecule has 0 N–H and O–H groups in total. The number of aromatic nitrogens is 1. The van der Waals surface area contributed by atoms with E-state index in [9.17, 15) is 4.79 Å². The summed E-state index contributed by atoms with van der Waals surface area (Å²) in [6, 6.07) is 14.2. The molecular formula is C18H23ClNO2Si+. The Morgan fingerprint density at radius 1 is 1.09 bits per heavy atom. The third-order valence-corrected chi connectivity index (χ3v) is 10.8. The molecule has 3 nitrogen and oxygen atoms in total. The Balaban J connectivity index is 2.35. The van der Waals surface area contributed by atoms with E-state index in [2.05, 4.69) is 20.8 Å². The Morgan fingerprint density at radius 3 is 2.26 bits per heavy atom. The molecule has 0 bridgehead atoms. The van der Waals surface area contributed by atoms with E-state index in [1.165, 1.54) is 4.57 Å². The predicted molar refractivity (Wildman–Crippen MR) is 96.3 cm³/mol. The van der Waals surface area contributed by atoms with Crippen molar-refractivity contribution in [2.75, 3.05) is 0 Å². The maximum Gasteiger partial charge on any atom is 0.607 e. The first-order valence-corrected chi connectivity index (χ1v) is 11.0. The minimum atomic E-state index is -1.67. The van der Waals surface area contributed by atoms with Crippen molar-refractivity contribution >= 4 is 31.0 Å². The average molecular weight is 349 g/mol. The van der Waals surface area contributed by atoms with Crippen LogP contribution < -0.4 is 14.5 Å². The first kappa shape index (κ1) is 17.7. The normalized spacial score (nSPS) is 11.3. The number of para-hydroxylation sites is 1. The van der Waals surface area contributed by atoms with E-state index in [-0.39, 0.29) is 0 Å². The first-order chi connectivity index (χ1) is 11.1. The summed E-state index contributed by atoms with van der Waals surface area (Å²) in [6.07, 6.45) is 3.12. The number of hydrogen-bond donors (Lipinski definition) is 0. The topological polar surface area (TPSA) is 30.2 Å². The third kappa shape index (κ3) is 3.82. The van der Waals surface area contributed by atoms with Gasteiger partial charge in [-0.05, 0) is 12.1 Å². The number of benzene rings is 1. The minimum Gasteiger partial charge on any atom is -0.372 e. The Labute approximate surface area is 143 Å². The lowest BCUT2D eigenvalue weighted by molar-refractivity contribution is -0.581. The highest BCUT2D eigenvalue weighted by Gasteiger charge is 2.34. The van der Waals surface area contributed by atoms with Crippen LogP contribution in [-0.4, -0.2) is 14.2 Å². The van der Waals surface area contributed by atoms with Crippen LogP contribution in [-0.2, 0) is 0 Å². The van der Waals surface area contributed by atoms with Crippen LogP contribution >= 0.6 is 11.6 Å². The van der Waals surface area contributed by atoms with Crippen molar-refractivity contribution in [3.05, 3.63) is 53.8 Å². The van der Waals surface area contributed by atoms with Gasteiger partial charge in [0.1, 0.15) is 5.75 Å². The molecule has 1 aromatic carbocycles. The van der Waals surface area contributed by atoms with Gasteiger partial charge in [-0.2, -0.15) is 4.79 Å². The molecule has 0 aliphatic rings. The van der Waals surface area contributed by atoms with Crippen molar-refractivity contribution in [3.63, 3.8) is 0 Å². The molecule has 1 aromatic heterocycles. The molecule has 2 aromatic rings. The molecule has 122 valence electrons. The SMILES string of the molecule is CC[Si](CC)(CC)c1c[n+](C(=O)Oc2ccccc2)ccc1Cl. The van der Waals surface area contributed by atoms with E-state index in [1.54, 1.807) is 24.4 Å². The van der Waals surface area contributed by atoms with Crippen molar-refractivity contribution in [3.8, 4) is 5.75 Å². The van der Waals surface area contributed by atoms with Crippen molar-refractivity contribution in [1.82, 2.24) is 0 Å². The van der Waals surface area contributed by atoms with Crippen molar-refractivity contribution < 1.29 is 14.1 Å². The van der Waals surface area contributed by atoms with Gasteiger partial charge in [-0.3, -0.25) is 0 Å². The number of hydrogen-bond acceptors (Lipinski definition) is 2. The summed E-state index contributed by atoms with van der Waals surface area (Å²) in [7, 11) is -1.67. The number of carbonyl (C=O) groups is 1. The number of halogens is 1. The summed E-state index contributed by atoms with van der Waals surface area (Å²) in [5, 5.41) is 1.89. The maximum absolute atomic E-state index is 12.4. The van der Waals surface area contributed by atoms with Crippen LogP contribution in [0, 0.1) is 0 Å². The molecule has 0 saturated carbocycles. The van der Waals surface area contributed by atoms with Crippen LogP contribution in [0.4, 0.5) is 4.79 Å². The summed E-state index contributed by atoms with van der Waals surface area (Å²) in [5.74, 6) is 0.534. The zero-order valence-electron chi connectivity index (χ0n) is 13.9. The molecule has 0 aliphatic heterocycles. The van der Waals surface area contributed by atoms with Crippen molar-refractivity contribution in [1.29, 1.82) is 0 Å². The molecule has 1 heterocycles. The van der Waals surface area contributed by atoms with E-state index in [0.717, 1.165) is 28.3 Å². The molecule has 0 amide bonds. The predicted octanol–water partition coefficient (Wildman–Crippen LogP) is 4.39. The fourth-order valence-corrected chi connectivity index (χ4v) is 7.30. The van der Waals surface area contributed by atoms with E-state index in [1.807, 2.05) is 24.4 Å². The summed E-state index contributed by atoms with van der Waals surface area (Å²) in [6.45, 7) is 6.65. The molecule has 0 atom stereocenters. The summed E-state index contributed by atoms with van der Waals surface area (Å²) >= 11 is 6.45. The quantitative estimate of drug-likeness (QED) is 0.592. The van der Waals surface area contributed by atoms with Crippen LogP contribution in [0.3, 0.4) is 0 Å². The monoisotopic (exact) mass is 348 g/mol. The first-order valence-electron chi connectivity index (χ1n) is 8.04. The second kappa shape index (κ2) is 7.75. The zero-order valence-corrected chi connectivity index (χ0v) is 15.6. The lowest BCUT2D eigenvalue weighted by Crippen LogP contribution is -2.54. The molecule has 0 saturated heterocycles. The van der Waals surface area contributed by atoms with Crippen LogP contribution in [0.2, 0.25) is 23.2 Å². The summed E-state index contributed by atoms with van der Waals surface area (Å²) < 4.78 is 6.90. The van der Waals surface area contributed by atoms with Gasteiger partial charge < -0.3 is 4.74 Å². The molecule has 2 rings (SSSR count). The molecular weight excluding hydrogens is 326 g/mol. The van der Waals surface area contributed by atoms with Crippen LogP contribution in [0.1, 0.15) is 20.8 Å². The van der Waals surface area contributed by atoms with E-state index in [0.29, 0.717) is 5.75 Å². The number of rotatable bonds is 5. The van der Waals surface area contributed by atoms with Gasteiger partial charge in [0.25, 0.3) is 0 Å². The van der Waals surface area contributed by atoms with Crippen LogP contribution in [0.15, 0.2) is 48.8 Å². The lowest BCUT2D eigenvalue weighted by Gasteiger charge is -2.27. The maximum atomic E-state index is 12.4. The smallest absolute Gasteiger partial charge is 0.372 e. The molecule has 0 spiro atoms. The molecule has 0 unspecified atom stereocenters. The van der Waals surface area contributed by atoms with Gasteiger partial charge in [0.05, 0.1) is 13.1 Å². The van der Waals surface area contributed by atoms with Gasteiger partial charge in [0.15, 0.2) is 12.4 Å². The second-order valence-corrected chi connectivity index (χ2v) is 11.3. The minimum absolute atomic E-state index is 0.416. The fraction of sp³-hybridized carbons (Fsp3) is 0.333. The number of nitrogens with zero attached hydrogens (tertiary/aromatic N) is 1. The largest absolute Gasteiger partial charge is 0.607 e. The van der Waals surface area contributed by atoms with Crippen molar-refractivity contribution in [2.24, 2.45) is 0 Å². The Morgan fingerprint density at radius 2 is 1.70 bits per heavy atom. The Hall–Kier alpha value is -1.65. The standard InChI is InChI=1S/C18H23ClNO2Si/c1-4-23(5-2,6-3)17-14-20(13-12-16(17)19)18(21)22-15-10-8-7-9-11-15/h7-14H,4-6H2,1-3H3/q+1. The average Bonchev–Trinajstić information content (AvgIpc) is 2.59. The highest BCUT2D eigenvalue weighted by atomic mass is 35.5. The van der Waals surface area contributed by atoms with E-state index in [4.69, 9.17) is 16.3 Å². The number of carbonyl (C=O) groups excluding carboxylic acids is 1. The third-order valence-electron chi connectivity index (χ3n) is 4.67. The highest BCUT2D eigenvalue weighted by molar-refractivity contribution is 6.92. The second-order valence-electron chi connectivity index (χ2n) is 5.64. The molecule has 23 heavy (non-hydrogen) atoms. The van der Waals surface area contributed by atoms with Gasteiger partial charge in [-0.15, -0.1) is 0 Å². The summed E-state index contributed by atoms with van der Waals surface area (Å²) in [4.78, 5) is 12.4. The lowest BCUT2D eigenvalue weighted by atomic mass is 10.3. The van der Waals surface area contributed by atoms with Crippen LogP contribution in [0.25, 0.3) is 0 Å². The van der Waals surface area contributed by atoms with E-state index >= 15 is 0 Å². The number of ether oxygens (including phenoxy) is 1. The van der Waals surface area contributed by atoms with Gasteiger partial charge in [0, 0.05) is 11.3 Å². The molecule has 0 aliphatic carbocycles. The highest BCUT2D eigenvalue weighted by Crippen LogP contribution is 2.23. The van der Waals surface area contributed by atoms with Gasteiger partial charge in [-0.1, -0.05) is 73.3 Å². The van der Waals surface area contributed by atoms with E-state index < -0.39 is 14.2 Å². The van der Waals surface area contributed by atoms with Crippen molar-refractivity contribution in [2.45, 2.75) is 38.9 Å². The van der Waals surface area contributed by atoms with Gasteiger partial charge in [0.2, 0.25) is 0 Å². The molecule has 5 heteroatoms.